The number of aryl methyl sites for hydroxylation is 1. The van der Waals surface area contributed by atoms with Crippen LogP contribution in [0.5, 0.6) is 0 Å². The van der Waals surface area contributed by atoms with Gasteiger partial charge in [-0.15, -0.1) is 0 Å². The van der Waals surface area contributed by atoms with Crippen molar-refractivity contribution in [3.8, 4) is 0 Å². The van der Waals surface area contributed by atoms with Crippen molar-refractivity contribution < 1.29 is 4.74 Å². The van der Waals surface area contributed by atoms with Gasteiger partial charge in [-0.3, -0.25) is 0 Å². The van der Waals surface area contributed by atoms with Crippen LogP contribution in [0.4, 0.5) is 11.4 Å². The van der Waals surface area contributed by atoms with Crippen molar-refractivity contribution in [1.82, 2.24) is 0 Å². The van der Waals surface area contributed by atoms with E-state index in [0.29, 0.717) is 5.92 Å². The molecule has 0 aliphatic carbocycles. The van der Waals surface area contributed by atoms with Crippen LogP contribution in [-0.4, -0.2) is 26.8 Å². The summed E-state index contributed by atoms with van der Waals surface area (Å²) in [4.78, 5) is 2.35. The highest BCUT2D eigenvalue weighted by atomic mass is 16.5. The van der Waals surface area contributed by atoms with Gasteiger partial charge in [0.25, 0.3) is 0 Å². The Morgan fingerprint density at radius 1 is 1.35 bits per heavy atom. The number of anilines is 2. The lowest BCUT2D eigenvalue weighted by atomic mass is 10.1. The second-order valence-corrected chi connectivity index (χ2v) is 4.87. The summed E-state index contributed by atoms with van der Waals surface area (Å²) < 4.78 is 5.16. The standard InChI is InChI=1S/C14H24N2O/c1-11(2)10-16(7-8-17-4)13-5-6-14(15)12(3)9-13/h5-6,9,11H,7-8,10,15H2,1-4H3. The van der Waals surface area contributed by atoms with Gasteiger partial charge < -0.3 is 15.4 Å². The highest BCUT2D eigenvalue weighted by molar-refractivity contribution is 5.58. The molecule has 0 unspecified atom stereocenters. The van der Waals surface area contributed by atoms with Gasteiger partial charge in [0.05, 0.1) is 6.61 Å². The van der Waals surface area contributed by atoms with Gasteiger partial charge in [-0.1, -0.05) is 13.8 Å². The molecule has 0 saturated heterocycles. The molecular formula is C14H24N2O. The Bertz CT molecular complexity index is 350. The molecule has 0 bridgehead atoms. The van der Waals surface area contributed by atoms with Crippen molar-refractivity contribution in [2.24, 2.45) is 5.92 Å². The zero-order valence-electron chi connectivity index (χ0n) is 11.4. The maximum absolute atomic E-state index is 5.85. The molecule has 3 heteroatoms. The average molecular weight is 236 g/mol. The molecule has 0 fully saturated rings. The van der Waals surface area contributed by atoms with E-state index in [1.165, 1.54) is 5.69 Å². The minimum Gasteiger partial charge on any atom is -0.399 e. The fourth-order valence-corrected chi connectivity index (χ4v) is 1.82. The Hall–Kier alpha value is -1.22. The van der Waals surface area contributed by atoms with E-state index in [1.807, 2.05) is 13.0 Å². The number of nitrogens with zero attached hydrogens (tertiary/aromatic N) is 1. The number of ether oxygens (including phenoxy) is 1. The van der Waals surface area contributed by atoms with Crippen molar-refractivity contribution in [2.45, 2.75) is 20.8 Å². The number of rotatable bonds is 6. The van der Waals surface area contributed by atoms with Crippen molar-refractivity contribution in [2.75, 3.05) is 37.4 Å². The minimum absolute atomic E-state index is 0.629. The van der Waals surface area contributed by atoms with E-state index in [0.717, 1.165) is 30.9 Å². The first kappa shape index (κ1) is 13.8. The maximum atomic E-state index is 5.85. The highest BCUT2D eigenvalue weighted by Gasteiger charge is 2.09. The maximum Gasteiger partial charge on any atom is 0.0637 e. The Morgan fingerprint density at radius 3 is 2.59 bits per heavy atom. The quantitative estimate of drug-likeness (QED) is 0.772. The van der Waals surface area contributed by atoms with Gasteiger partial charge in [0.15, 0.2) is 0 Å². The molecule has 1 aromatic rings. The van der Waals surface area contributed by atoms with Gasteiger partial charge >= 0.3 is 0 Å². The summed E-state index contributed by atoms with van der Waals surface area (Å²) in [6.45, 7) is 9.19. The fraction of sp³-hybridized carbons (Fsp3) is 0.571. The molecular weight excluding hydrogens is 212 g/mol. The monoisotopic (exact) mass is 236 g/mol. The molecule has 2 N–H and O–H groups in total. The summed E-state index contributed by atoms with van der Waals surface area (Å²) in [6, 6.07) is 6.21. The molecule has 0 spiro atoms. The van der Waals surface area contributed by atoms with E-state index in [-0.39, 0.29) is 0 Å². The number of hydrogen-bond donors (Lipinski definition) is 1. The molecule has 0 atom stereocenters. The molecule has 1 rings (SSSR count). The third-order valence-electron chi connectivity index (χ3n) is 2.77. The van der Waals surface area contributed by atoms with Crippen molar-refractivity contribution in [1.29, 1.82) is 0 Å². The fourth-order valence-electron chi connectivity index (χ4n) is 1.82. The average Bonchev–Trinajstić information content (AvgIpc) is 2.27. The van der Waals surface area contributed by atoms with E-state index in [9.17, 15) is 0 Å². The predicted octanol–water partition coefficient (Wildman–Crippen LogP) is 2.69. The lowest BCUT2D eigenvalue weighted by Gasteiger charge is -2.27. The number of hydrogen-bond acceptors (Lipinski definition) is 3. The van der Waals surface area contributed by atoms with E-state index in [1.54, 1.807) is 7.11 Å². The van der Waals surface area contributed by atoms with Crippen molar-refractivity contribution >= 4 is 11.4 Å². The second-order valence-electron chi connectivity index (χ2n) is 4.87. The van der Waals surface area contributed by atoms with Gasteiger partial charge in [0.2, 0.25) is 0 Å². The molecule has 1 aromatic carbocycles. The molecule has 0 aromatic heterocycles. The molecule has 17 heavy (non-hydrogen) atoms. The molecule has 0 heterocycles. The molecule has 0 aliphatic rings. The summed E-state index contributed by atoms with van der Waals surface area (Å²) in [5, 5.41) is 0. The Balaban J connectivity index is 2.83. The summed E-state index contributed by atoms with van der Waals surface area (Å²) in [5.41, 5.74) is 9.06. The first-order valence-corrected chi connectivity index (χ1v) is 6.14. The zero-order valence-corrected chi connectivity index (χ0v) is 11.4. The van der Waals surface area contributed by atoms with Crippen LogP contribution < -0.4 is 10.6 Å². The summed E-state index contributed by atoms with van der Waals surface area (Å²) in [6.07, 6.45) is 0. The van der Waals surface area contributed by atoms with Crippen molar-refractivity contribution in [3.05, 3.63) is 23.8 Å². The summed E-state index contributed by atoms with van der Waals surface area (Å²) in [7, 11) is 1.74. The molecule has 96 valence electrons. The minimum atomic E-state index is 0.629. The second kappa shape index (κ2) is 6.50. The first-order valence-electron chi connectivity index (χ1n) is 6.14. The number of benzene rings is 1. The van der Waals surface area contributed by atoms with Crippen molar-refractivity contribution in [3.63, 3.8) is 0 Å². The van der Waals surface area contributed by atoms with Gasteiger partial charge in [-0.05, 0) is 36.6 Å². The van der Waals surface area contributed by atoms with Gasteiger partial charge in [-0.2, -0.15) is 0 Å². The van der Waals surface area contributed by atoms with E-state index in [2.05, 4.69) is 30.9 Å². The highest BCUT2D eigenvalue weighted by Crippen LogP contribution is 2.21. The Morgan fingerprint density at radius 2 is 2.06 bits per heavy atom. The van der Waals surface area contributed by atoms with Crippen LogP contribution in [0.25, 0.3) is 0 Å². The first-order chi connectivity index (χ1) is 8.04. The van der Waals surface area contributed by atoms with E-state index < -0.39 is 0 Å². The smallest absolute Gasteiger partial charge is 0.0637 e. The van der Waals surface area contributed by atoms with Gasteiger partial charge in [0.1, 0.15) is 0 Å². The molecule has 0 aliphatic heterocycles. The predicted molar refractivity (Wildman–Crippen MR) is 74.5 cm³/mol. The number of nitrogen functional groups attached to an aromatic ring is 1. The Kier molecular flexibility index (Phi) is 5.29. The largest absolute Gasteiger partial charge is 0.399 e. The van der Waals surface area contributed by atoms with Crippen LogP contribution in [-0.2, 0) is 4.74 Å². The van der Waals surface area contributed by atoms with E-state index >= 15 is 0 Å². The Labute approximate surface area is 105 Å². The molecule has 3 nitrogen and oxygen atoms in total. The molecule has 0 radical (unpaired) electrons. The number of nitrogens with two attached hydrogens (primary N) is 1. The number of methoxy groups -OCH3 is 1. The van der Waals surface area contributed by atoms with Crippen LogP contribution in [0.1, 0.15) is 19.4 Å². The lowest BCUT2D eigenvalue weighted by Crippen LogP contribution is -2.31. The SMILES string of the molecule is COCCN(CC(C)C)c1ccc(N)c(C)c1. The van der Waals surface area contributed by atoms with Gasteiger partial charge in [0, 0.05) is 31.6 Å². The normalized spacial score (nSPS) is 10.9. The third kappa shape index (κ3) is 4.27. The molecule has 0 amide bonds. The third-order valence-corrected chi connectivity index (χ3v) is 2.77. The summed E-state index contributed by atoms with van der Waals surface area (Å²) in [5.74, 6) is 0.629. The van der Waals surface area contributed by atoms with Gasteiger partial charge in [-0.25, -0.2) is 0 Å². The summed E-state index contributed by atoms with van der Waals surface area (Å²) >= 11 is 0. The topological polar surface area (TPSA) is 38.5 Å². The van der Waals surface area contributed by atoms with Crippen LogP contribution >= 0.6 is 0 Å². The van der Waals surface area contributed by atoms with Crippen LogP contribution in [0.3, 0.4) is 0 Å². The zero-order chi connectivity index (χ0) is 12.8. The van der Waals surface area contributed by atoms with Crippen LogP contribution in [0, 0.1) is 12.8 Å². The van der Waals surface area contributed by atoms with Crippen LogP contribution in [0.15, 0.2) is 18.2 Å². The molecule has 0 saturated carbocycles. The van der Waals surface area contributed by atoms with E-state index in [4.69, 9.17) is 10.5 Å². The lowest BCUT2D eigenvalue weighted by molar-refractivity contribution is 0.204. The van der Waals surface area contributed by atoms with Crippen LogP contribution in [0.2, 0.25) is 0 Å².